The molecule has 0 radical (unpaired) electrons. The number of carbonyl (C=O) groups excluding carboxylic acids is 1. The Morgan fingerprint density at radius 2 is 1.81 bits per heavy atom. The number of halogens is 1. The fourth-order valence-electron chi connectivity index (χ4n) is 4.75. The van der Waals surface area contributed by atoms with Gasteiger partial charge in [0.1, 0.15) is 5.60 Å². The number of hydrogen-bond acceptors (Lipinski definition) is 6. The molecule has 2 heterocycles. The zero-order valence-corrected chi connectivity index (χ0v) is 23.8. The third-order valence-electron chi connectivity index (χ3n) is 7.76. The smallest absolute Gasteiger partial charge is 0.444 e. The lowest BCUT2D eigenvalue weighted by Gasteiger charge is -2.42. The summed E-state index contributed by atoms with van der Waals surface area (Å²) < 4.78 is 60.9. The van der Waals surface area contributed by atoms with Crippen molar-refractivity contribution < 1.29 is 31.6 Å². The molecule has 3 aliphatic rings. The van der Waals surface area contributed by atoms with Crippen LogP contribution in [0.15, 0.2) is 24.3 Å². The molecule has 206 valence electrons. The van der Waals surface area contributed by atoms with E-state index in [-0.39, 0.29) is 12.8 Å². The molecule has 0 spiro atoms. The number of benzene rings is 1. The molecular formula is C26H40BFN2O6S. The third-order valence-corrected chi connectivity index (χ3v) is 9.74. The Bertz CT molecular complexity index is 1120. The number of alkyl halides is 1. The van der Waals surface area contributed by atoms with E-state index in [0.29, 0.717) is 25.8 Å². The molecule has 1 aromatic carbocycles. The van der Waals surface area contributed by atoms with Gasteiger partial charge in [0.15, 0.2) is 0 Å². The van der Waals surface area contributed by atoms with Crippen molar-refractivity contribution in [3.8, 4) is 0 Å². The van der Waals surface area contributed by atoms with Gasteiger partial charge >= 0.3 is 13.2 Å². The fraction of sp³-hybridized carbons (Fsp3) is 0.731. The topological polar surface area (TPSA) is 94.2 Å². The summed E-state index contributed by atoms with van der Waals surface area (Å²) in [6.07, 6.45) is 0.910. The van der Waals surface area contributed by atoms with E-state index in [1.165, 1.54) is 0 Å². The quantitative estimate of drug-likeness (QED) is 0.556. The van der Waals surface area contributed by atoms with Gasteiger partial charge < -0.3 is 18.9 Å². The van der Waals surface area contributed by atoms with Gasteiger partial charge in [0.05, 0.1) is 17.2 Å². The molecule has 0 bridgehead atoms. The van der Waals surface area contributed by atoms with E-state index in [0.717, 1.165) is 11.0 Å². The summed E-state index contributed by atoms with van der Waals surface area (Å²) in [4.78, 5) is 14.8. The highest BCUT2D eigenvalue weighted by molar-refractivity contribution is 7.91. The molecule has 3 fully saturated rings. The number of piperidine rings is 1. The average molecular weight is 538 g/mol. The predicted molar refractivity (Wildman–Crippen MR) is 141 cm³/mol. The molecule has 2 aliphatic heterocycles. The zero-order valence-electron chi connectivity index (χ0n) is 23.0. The minimum atomic E-state index is -4.18. The molecule has 1 aromatic rings. The maximum Gasteiger partial charge on any atom is 0.494 e. The summed E-state index contributed by atoms with van der Waals surface area (Å²) in [5.41, 5.74) is 0.0479. The Kier molecular flexibility index (Phi) is 7.27. The number of nitrogens with one attached hydrogen (secondary N) is 1. The van der Waals surface area contributed by atoms with Crippen LogP contribution in [-0.4, -0.2) is 67.0 Å². The first-order valence-electron chi connectivity index (χ1n) is 13.1. The number of nitrogens with zero attached hydrogens (tertiary/aromatic N) is 1. The molecule has 1 amide bonds. The number of likely N-dealkylation sites (tertiary alicyclic amines) is 1. The summed E-state index contributed by atoms with van der Waals surface area (Å²) in [5, 5.41) is -2.22. The first-order valence-corrected chi connectivity index (χ1v) is 14.6. The van der Waals surface area contributed by atoms with E-state index in [1.807, 2.05) is 52.0 Å². The number of amides is 1. The highest BCUT2D eigenvalue weighted by atomic mass is 32.2. The van der Waals surface area contributed by atoms with Crippen molar-refractivity contribution >= 4 is 28.7 Å². The highest BCUT2D eigenvalue weighted by Crippen LogP contribution is 2.45. The van der Waals surface area contributed by atoms with E-state index in [2.05, 4.69) is 4.72 Å². The van der Waals surface area contributed by atoms with Gasteiger partial charge in [-0.2, -0.15) is 0 Å². The number of sulfonamides is 1. The van der Waals surface area contributed by atoms with Gasteiger partial charge in [-0.15, -0.1) is 0 Å². The second-order valence-corrected chi connectivity index (χ2v) is 14.5. The van der Waals surface area contributed by atoms with E-state index in [4.69, 9.17) is 14.0 Å². The van der Waals surface area contributed by atoms with E-state index in [1.54, 1.807) is 25.7 Å². The summed E-state index contributed by atoms with van der Waals surface area (Å²) >= 11 is 0. The largest absolute Gasteiger partial charge is 0.494 e. The molecule has 1 aliphatic carbocycles. The van der Waals surface area contributed by atoms with E-state index >= 15 is 0 Å². The Morgan fingerprint density at radius 1 is 1.19 bits per heavy atom. The molecular weight excluding hydrogens is 498 g/mol. The van der Waals surface area contributed by atoms with Crippen LogP contribution in [0.5, 0.6) is 0 Å². The van der Waals surface area contributed by atoms with Crippen LogP contribution in [0.25, 0.3) is 0 Å². The van der Waals surface area contributed by atoms with E-state index < -0.39 is 57.1 Å². The summed E-state index contributed by atoms with van der Waals surface area (Å²) in [6.45, 7) is 13.8. The Labute approximate surface area is 220 Å². The van der Waals surface area contributed by atoms with Crippen molar-refractivity contribution in [1.29, 1.82) is 0 Å². The van der Waals surface area contributed by atoms with Crippen molar-refractivity contribution in [3.05, 3.63) is 29.8 Å². The lowest BCUT2D eigenvalue weighted by molar-refractivity contribution is 0.00578. The number of hydrogen-bond donors (Lipinski definition) is 1. The number of carbonyl (C=O) groups is 1. The first kappa shape index (κ1) is 28.3. The van der Waals surface area contributed by atoms with E-state index in [9.17, 15) is 17.6 Å². The fourth-order valence-corrected chi connectivity index (χ4v) is 6.28. The van der Waals surface area contributed by atoms with Crippen LogP contribution in [0, 0.1) is 0 Å². The molecule has 1 N–H and O–H groups in total. The Balaban J connectivity index is 1.61. The lowest BCUT2D eigenvalue weighted by atomic mass is 9.77. The van der Waals surface area contributed by atoms with Crippen LogP contribution in [-0.2, 0) is 30.5 Å². The molecule has 0 aromatic heterocycles. The molecule has 11 heteroatoms. The second kappa shape index (κ2) is 9.50. The molecule has 8 nitrogen and oxygen atoms in total. The molecule has 4 rings (SSSR count). The van der Waals surface area contributed by atoms with Gasteiger partial charge in [-0.1, -0.05) is 24.3 Å². The van der Waals surface area contributed by atoms with Gasteiger partial charge in [0.25, 0.3) is 0 Å². The van der Waals surface area contributed by atoms with Gasteiger partial charge in [-0.05, 0) is 78.8 Å². The lowest BCUT2D eigenvalue weighted by Crippen LogP contribution is -2.59. The first-order chi connectivity index (χ1) is 16.9. The van der Waals surface area contributed by atoms with Crippen LogP contribution < -0.4 is 10.2 Å². The van der Waals surface area contributed by atoms with Crippen molar-refractivity contribution in [2.75, 3.05) is 6.54 Å². The number of rotatable bonds is 6. The zero-order chi connectivity index (χ0) is 27.4. The van der Waals surface area contributed by atoms with Crippen molar-refractivity contribution in [3.63, 3.8) is 0 Å². The van der Waals surface area contributed by atoms with Crippen molar-refractivity contribution in [2.45, 2.75) is 114 Å². The molecule has 1 saturated carbocycles. The third kappa shape index (κ3) is 5.99. The maximum atomic E-state index is 14.6. The van der Waals surface area contributed by atoms with Gasteiger partial charge in [-0.3, -0.25) is 0 Å². The van der Waals surface area contributed by atoms with Crippen LogP contribution in [0.2, 0.25) is 0 Å². The van der Waals surface area contributed by atoms with Crippen LogP contribution in [0.3, 0.4) is 0 Å². The minimum Gasteiger partial charge on any atom is -0.444 e. The van der Waals surface area contributed by atoms with Crippen LogP contribution in [0.4, 0.5) is 9.18 Å². The maximum absolute atomic E-state index is 14.6. The predicted octanol–water partition coefficient (Wildman–Crippen LogP) is 3.68. The summed E-state index contributed by atoms with van der Waals surface area (Å²) in [7, 11) is -4.73. The van der Waals surface area contributed by atoms with Gasteiger partial charge in [0.2, 0.25) is 15.0 Å². The summed E-state index contributed by atoms with van der Waals surface area (Å²) in [5.74, 6) is 0. The molecule has 2 atom stereocenters. The Hall–Kier alpha value is -1.69. The van der Waals surface area contributed by atoms with Crippen LogP contribution in [0.1, 0.15) is 79.7 Å². The second-order valence-electron chi connectivity index (χ2n) is 12.5. The van der Waals surface area contributed by atoms with Crippen LogP contribution >= 0.6 is 0 Å². The normalized spacial score (nSPS) is 26.7. The Morgan fingerprint density at radius 3 is 2.38 bits per heavy atom. The van der Waals surface area contributed by atoms with Crippen molar-refractivity contribution in [2.24, 2.45) is 0 Å². The van der Waals surface area contributed by atoms with Gasteiger partial charge in [-0.25, -0.2) is 22.3 Å². The van der Waals surface area contributed by atoms with Gasteiger partial charge in [0, 0.05) is 25.4 Å². The minimum absolute atomic E-state index is 0.00830. The summed E-state index contributed by atoms with van der Waals surface area (Å²) in [6, 6.07) is 6.54. The standard InChI is InChI=1S/C26H40BFN2O6S/c1-23(2,3)34-22(31)30-15-9-12-20(29-37(32,33)26(28)13-14-26)21(30)17-18-10-8-11-19(16-18)27-35-24(4,5)25(6,7)36-27/h8,10-11,16,20-21,29H,9,12-15,17H2,1-7H3/t20-,21?/m0/s1. The molecule has 2 saturated heterocycles. The molecule has 37 heavy (non-hydrogen) atoms. The number of ether oxygens (including phenoxy) is 1. The highest BCUT2D eigenvalue weighted by Gasteiger charge is 2.57. The molecule has 1 unspecified atom stereocenters. The SMILES string of the molecule is CC(C)(C)OC(=O)N1CCC[C@H](NS(=O)(=O)C2(F)CC2)C1Cc1cccc(B2OC(C)(C)C(C)(C)O2)c1. The average Bonchev–Trinajstić information content (AvgIpc) is 3.47. The van der Waals surface area contributed by atoms with Crippen molar-refractivity contribution in [1.82, 2.24) is 9.62 Å². The monoisotopic (exact) mass is 538 g/mol.